The largest absolute Gasteiger partial charge is 0.228 e. The van der Waals surface area contributed by atoms with Crippen LogP contribution in [0.5, 0.6) is 0 Å². The molecular formula is C40H28N2S. The summed E-state index contributed by atoms with van der Waals surface area (Å²) >= 11 is 1.90. The first-order valence-electron chi connectivity index (χ1n) is 14.7. The van der Waals surface area contributed by atoms with Crippen molar-refractivity contribution in [3.05, 3.63) is 150 Å². The van der Waals surface area contributed by atoms with Gasteiger partial charge in [-0.25, -0.2) is 9.97 Å². The Balaban J connectivity index is 1.26. The van der Waals surface area contributed by atoms with Gasteiger partial charge in [-0.05, 0) is 64.3 Å². The highest BCUT2D eigenvalue weighted by atomic mass is 32.1. The van der Waals surface area contributed by atoms with E-state index in [1.165, 1.54) is 42.8 Å². The Morgan fingerprint density at radius 3 is 1.93 bits per heavy atom. The van der Waals surface area contributed by atoms with E-state index in [4.69, 9.17) is 9.97 Å². The van der Waals surface area contributed by atoms with Crippen LogP contribution in [0.4, 0.5) is 0 Å². The maximum atomic E-state index is 5.15. The lowest BCUT2D eigenvalue weighted by molar-refractivity contribution is 1.01. The van der Waals surface area contributed by atoms with Crippen molar-refractivity contribution in [3.8, 4) is 56.2 Å². The van der Waals surface area contributed by atoms with Crippen molar-refractivity contribution in [2.24, 2.45) is 0 Å². The van der Waals surface area contributed by atoms with Gasteiger partial charge in [-0.3, -0.25) is 0 Å². The zero-order chi connectivity index (χ0) is 28.6. The lowest BCUT2D eigenvalue weighted by atomic mass is 9.94. The van der Waals surface area contributed by atoms with E-state index >= 15 is 0 Å². The van der Waals surface area contributed by atoms with Gasteiger partial charge in [0.15, 0.2) is 5.82 Å². The van der Waals surface area contributed by atoms with Crippen LogP contribution in [0.15, 0.2) is 140 Å². The molecule has 3 heteroatoms. The predicted octanol–water partition coefficient (Wildman–Crippen LogP) is 11.0. The standard InChI is InChI=1S/C40H28N2S/c1-3-11-27(12-4-1)28-19-21-29(22-20-28)36-26-37(42-40(41-36)30-13-5-2-6-14-30)33-16-8-7-15-32(33)31-23-24-35-34-17-9-10-18-38(34)43-39(35)25-31/h1-8,10-16,18-26H,9,17H2. The molecule has 0 N–H and O–H groups in total. The molecule has 0 saturated carbocycles. The molecule has 0 spiro atoms. The zero-order valence-electron chi connectivity index (χ0n) is 23.6. The number of aryl methyl sites for hydroxylation is 1. The first-order chi connectivity index (χ1) is 21.3. The molecule has 0 aliphatic heterocycles. The quantitative estimate of drug-likeness (QED) is 0.206. The highest BCUT2D eigenvalue weighted by Gasteiger charge is 2.17. The highest BCUT2D eigenvalue weighted by Crippen LogP contribution is 2.40. The molecule has 0 bridgehead atoms. The van der Waals surface area contributed by atoms with E-state index < -0.39 is 0 Å². The number of thiophene rings is 1. The lowest BCUT2D eigenvalue weighted by Gasteiger charge is -2.13. The average molecular weight is 569 g/mol. The van der Waals surface area contributed by atoms with Gasteiger partial charge in [-0.15, -0.1) is 11.3 Å². The lowest BCUT2D eigenvalue weighted by Crippen LogP contribution is -1.97. The second-order valence-electron chi connectivity index (χ2n) is 10.9. The molecule has 2 heterocycles. The smallest absolute Gasteiger partial charge is 0.160 e. The summed E-state index contributed by atoms with van der Waals surface area (Å²) in [5.74, 6) is 0.725. The minimum absolute atomic E-state index is 0.725. The monoisotopic (exact) mass is 568 g/mol. The Kier molecular flexibility index (Phi) is 6.51. The molecule has 0 atom stereocenters. The fourth-order valence-electron chi connectivity index (χ4n) is 6.02. The third-order valence-corrected chi connectivity index (χ3v) is 9.37. The summed E-state index contributed by atoms with van der Waals surface area (Å²) in [5, 5.41) is 1.39. The molecule has 0 fully saturated rings. The van der Waals surface area contributed by atoms with Crippen molar-refractivity contribution in [1.82, 2.24) is 9.97 Å². The Labute approximate surface area is 255 Å². The molecule has 1 aliphatic rings. The molecule has 0 radical (unpaired) electrons. The Morgan fingerprint density at radius 1 is 0.512 bits per heavy atom. The molecule has 5 aromatic carbocycles. The molecule has 43 heavy (non-hydrogen) atoms. The van der Waals surface area contributed by atoms with E-state index in [0.717, 1.165) is 46.7 Å². The summed E-state index contributed by atoms with van der Waals surface area (Å²) in [6.07, 6.45) is 6.83. The third kappa shape index (κ3) is 4.88. The molecule has 1 aliphatic carbocycles. The SMILES string of the molecule is C1=Cc2sc3cc(-c4ccccc4-c4cc(-c5ccc(-c6ccccc6)cc5)nc(-c5ccccc5)n4)ccc3c2CC1. The van der Waals surface area contributed by atoms with Gasteiger partial charge in [0.1, 0.15) is 0 Å². The second-order valence-corrected chi connectivity index (χ2v) is 12.0. The fraction of sp³-hybridized carbons (Fsp3) is 0.0500. The van der Waals surface area contributed by atoms with E-state index in [2.05, 4.69) is 121 Å². The Hall–Kier alpha value is -5.12. The van der Waals surface area contributed by atoms with Crippen molar-refractivity contribution in [2.45, 2.75) is 12.8 Å². The van der Waals surface area contributed by atoms with E-state index in [1.54, 1.807) is 0 Å². The van der Waals surface area contributed by atoms with Gasteiger partial charge in [-0.1, -0.05) is 127 Å². The third-order valence-electron chi connectivity index (χ3n) is 8.21. The predicted molar refractivity (Wildman–Crippen MR) is 182 cm³/mol. The zero-order valence-corrected chi connectivity index (χ0v) is 24.4. The highest BCUT2D eigenvalue weighted by molar-refractivity contribution is 7.20. The summed E-state index contributed by atoms with van der Waals surface area (Å²) in [4.78, 5) is 11.6. The van der Waals surface area contributed by atoms with Gasteiger partial charge in [0.05, 0.1) is 11.4 Å². The van der Waals surface area contributed by atoms with E-state index in [0.29, 0.717) is 0 Å². The van der Waals surface area contributed by atoms with Crippen molar-refractivity contribution in [1.29, 1.82) is 0 Å². The summed E-state index contributed by atoms with van der Waals surface area (Å²) in [5.41, 5.74) is 11.3. The van der Waals surface area contributed by atoms with Crippen molar-refractivity contribution in [2.75, 3.05) is 0 Å². The summed E-state index contributed by atoms with van der Waals surface area (Å²) in [7, 11) is 0. The molecule has 0 saturated heterocycles. The number of allylic oxidation sites excluding steroid dienone is 1. The van der Waals surface area contributed by atoms with Crippen molar-refractivity contribution in [3.63, 3.8) is 0 Å². The van der Waals surface area contributed by atoms with Gasteiger partial charge < -0.3 is 0 Å². The van der Waals surface area contributed by atoms with E-state index in [1.807, 2.05) is 35.6 Å². The van der Waals surface area contributed by atoms with Crippen LogP contribution in [0.25, 0.3) is 72.3 Å². The molecule has 0 amide bonds. The van der Waals surface area contributed by atoms with Gasteiger partial charge >= 0.3 is 0 Å². The number of aromatic nitrogens is 2. The number of hydrogen-bond acceptors (Lipinski definition) is 3. The first-order valence-corrected chi connectivity index (χ1v) is 15.5. The second kappa shape index (κ2) is 10.9. The Morgan fingerprint density at radius 2 is 1.14 bits per heavy atom. The van der Waals surface area contributed by atoms with Crippen LogP contribution in [0, 0.1) is 0 Å². The summed E-state index contributed by atoms with van der Waals surface area (Å²) < 4.78 is 1.34. The van der Waals surface area contributed by atoms with Crippen LogP contribution in [-0.2, 0) is 6.42 Å². The van der Waals surface area contributed by atoms with Crippen LogP contribution in [0.3, 0.4) is 0 Å². The number of hydrogen-bond donors (Lipinski definition) is 0. The number of fused-ring (bicyclic) bond motifs is 3. The number of rotatable bonds is 5. The molecule has 2 nitrogen and oxygen atoms in total. The molecule has 2 aromatic heterocycles. The first kappa shape index (κ1) is 25.6. The van der Waals surface area contributed by atoms with Crippen LogP contribution in [0.2, 0.25) is 0 Å². The normalized spacial score (nSPS) is 12.4. The minimum Gasteiger partial charge on any atom is -0.228 e. The van der Waals surface area contributed by atoms with Crippen LogP contribution < -0.4 is 0 Å². The number of benzene rings is 5. The maximum absolute atomic E-state index is 5.15. The van der Waals surface area contributed by atoms with Crippen LogP contribution in [0.1, 0.15) is 16.9 Å². The van der Waals surface area contributed by atoms with Crippen LogP contribution in [-0.4, -0.2) is 9.97 Å². The Bertz CT molecular complexity index is 2110. The summed E-state index contributed by atoms with van der Waals surface area (Å²) in [6, 6.07) is 47.1. The van der Waals surface area contributed by atoms with Crippen molar-refractivity contribution < 1.29 is 0 Å². The van der Waals surface area contributed by atoms with Gasteiger partial charge in [-0.2, -0.15) is 0 Å². The maximum Gasteiger partial charge on any atom is 0.160 e. The van der Waals surface area contributed by atoms with Crippen molar-refractivity contribution >= 4 is 27.5 Å². The molecule has 8 rings (SSSR count). The fourth-order valence-corrected chi connectivity index (χ4v) is 7.24. The van der Waals surface area contributed by atoms with E-state index in [9.17, 15) is 0 Å². The molecule has 0 unspecified atom stereocenters. The minimum atomic E-state index is 0.725. The topological polar surface area (TPSA) is 25.8 Å². The van der Waals surface area contributed by atoms with Gasteiger partial charge in [0.2, 0.25) is 0 Å². The number of nitrogens with zero attached hydrogens (tertiary/aromatic N) is 2. The molecule has 7 aromatic rings. The molecule has 204 valence electrons. The van der Waals surface area contributed by atoms with Gasteiger partial charge in [0, 0.05) is 26.3 Å². The summed E-state index contributed by atoms with van der Waals surface area (Å²) in [6.45, 7) is 0. The van der Waals surface area contributed by atoms with Gasteiger partial charge in [0.25, 0.3) is 0 Å². The van der Waals surface area contributed by atoms with Crippen LogP contribution >= 0.6 is 11.3 Å². The molecular weight excluding hydrogens is 541 g/mol. The average Bonchev–Trinajstić information content (AvgIpc) is 3.47. The van der Waals surface area contributed by atoms with E-state index in [-0.39, 0.29) is 0 Å².